The lowest BCUT2D eigenvalue weighted by Gasteiger charge is -2.24. The third-order valence-electron chi connectivity index (χ3n) is 3.66. The van der Waals surface area contributed by atoms with Gasteiger partial charge in [-0.3, -0.25) is 0 Å². The molecule has 0 aromatic carbocycles. The molecule has 1 aliphatic carbocycles. The Morgan fingerprint density at radius 3 is 2.70 bits per heavy atom. The van der Waals surface area contributed by atoms with E-state index in [1.807, 2.05) is 13.8 Å². The molecule has 114 valence electrons. The summed E-state index contributed by atoms with van der Waals surface area (Å²) in [6, 6.07) is 3.56. The fourth-order valence-electron chi connectivity index (χ4n) is 2.15. The molecule has 2 rings (SSSR count). The fourth-order valence-corrected chi connectivity index (χ4v) is 3.15. The highest BCUT2D eigenvalue weighted by molar-refractivity contribution is 7.89. The van der Waals surface area contributed by atoms with Crippen molar-refractivity contribution in [3.8, 4) is 0 Å². The molecule has 0 radical (unpaired) electrons. The van der Waals surface area contributed by atoms with Crippen LogP contribution in [0.5, 0.6) is 0 Å². The summed E-state index contributed by atoms with van der Waals surface area (Å²) in [6.07, 6.45) is 4.66. The average Bonchev–Trinajstić information content (AvgIpc) is 2.79. The maximum absolute atomic E-state index is 12.0. The van der Waals surface area contributed by atoms with Crippen LogP contribution in [0, 0.1) is 5.92 Å². The summed E-state index contributed by atoms with van der Waals surface area (Å²) >= 11 is 0. The Balaban J connectivity index is 1.84. The van der Waals surface area contributed by atoms with Gasteiger partial charge < -0.3 is 9.73 Å². The predicted octanol–water partition coefficient (Wildman–Crippen LogP) is 2.25. The van der Waals surface area contributed by atoms with Crippen LogP contribution in [-0.4, -0.2) is 21.0 Å². The van der Waals surface area contributed by atoms with Crippen LogP contribution >= 0.6 is 0 Å². The molecular weight excluding hydrogens is 276 g/mol. The van der Waals surface area contributed by atoms with Gasteiger partial charge in [-0.25, -0.2) is 13.1 Å². The van der Waals surface area contributed by atoms with Crippen molar-refractivity contribution in [2.75, 3.05) is 6.54 Å². The first kappa shape index (κ1) is 15.5. The van der Waals surface area contributed by atoms with Crippen LogP contribution < -0.4 is 10.0 Å². The van der Waals surface area contributed by atoms with Crippen molar-refractivity contribution in [3.05, 3.63) is 17.9 Å². The zero-order chi connectivity index (χ0) is 14.6. The minimum atomic E-state index is -3.50. The number of hydrogen-bond acceptors (Lipinski definition) is 4. The lowest BCUT2D eigenvalue weighted by atomic mass is 9.83. The molecule has 1 saturated carbocycles. The normalized spacial score (nSPS) is 16.6. The van der Waals surface area contributed by atoms with E-state index in [-0.39, 0.29) is 5.09 Å². The smallest absolute Gasteiger partial charge is 0.273 e. The van der Waals surface area contributed by atoms with Gasteiger partial charge in [0.05, 0.1) is 6.54 Å². The van der Waals surface area contributed by atoms with Gasteiger partial charge in [-0.1, -0.05) is 33.1 Å². The van der Waals surface area contributed by atoms with E-state index in [9.17, 15) is 8.42 Å². The summed E-state index contributed by atoms with van der Waals surface area (Å²) in [5.41, 5.74) is 0. The molecule has 0 unspecified atom stereocenters. The number of hydrogen-bond donors (Lipinski definition) is 2. The van der Waals surface area contributed by atoms with Crippen molar-refractivity contribution < 1.29 is 12.8 Å². The zero-order valence-electron chi connectivity index (χ0n) is 12.2. The molecule has 1 aliphatic rings. The minimum Gasteiger partial charge on any atom is -0.447 e. The van der Waals surface area contributed by atoms with Crippen LogP contribution in [0.4, 0.5) is 0 Å². The van der Waals surface area contributed by atoms with E-state index in [1.54, 1.807) is 6.07 Å². The second-order valence-electron chi connectivity index (χ2n) is 5.74. The number of furan rings is 1. The average molecular weight is 300 g/mol. The van der Waals surface area contributed by atoms with Gasteiger partial charge in [0, 0.05) is 12.6 Å². The Kier molecular flexibility index (Phi) is 5.23. The summed E-state index contributed by atoms with van der Waals surface area (Å²) in [7, 11) is -3.50. The summed E-state index contributed by atoms with van der Waals surface area (Å²) < 4.78 is 32.1. The van der Waals surface area contributed by atoms with Crippen LogP contribution in [0.25, 0.3) is 0 Å². The topological polar surface area (TPSA) is 71.3 Å². The van der Waals surface area contributed by atoms with Gasteiger partial charge in [0.15, 0.2) is 0 Å². The Labute approximate surface area is 121 Å². The molecule has 1 aromatic rings. The van der Waals surface area contributed by atoms with Gasteiger partial charge in [0.25, 0.3) is 10.0 Å². The second kappa shape index (κ2) is 6.74. The van der Waals surface area contributed by atoms with Gasteiger partial charge in [0.1, 0.15) is 5.76 Å². The van der Waals surface area contributed by atoms with E-state index in [0.29, 0.717) is 30.8 Å². The molecule has 0 aliphatic heterocycles. The van der Waals surface area contributed by atoms with Crippen molar-refractivity contribution in [1.29, 1.82) is 0 Å². The van der Waals surface area contributed by atoms with E-state index >= 15 is 0 Å². The first-order valence-electron chi connectivity index (χ1n) is 7.29. The maximum atomic E-state index is 12.0. The molecule has 5 nitrogen and oxygen atoms in total. The van der Waals surface area contributed by atoms with E-state index in [1.165, 1.54) is 25.3 Å². The van der Waals surface area contributed by atoms with Crippen LogP contribution in [0.1, 0.15) is 45.3 Å². The molecule has 0 spiro atoms. The molecule has 20 heavy (non-hydrogen) atoms. The second-order valence-corrected chi connectivity index (χ2v) is 7.44. The predicted molar refractivity (Wildman–Crippen MR) is 77.8 cm³/mol. The Bertz CT molecular complexity index is 518. The molecular formula is C14H24N2O3S. The standard InChI is InChI=1S/C14H24N2O3S/c1-11(2)15-10-13-6-7-14(19-13)20(17,18)16-9-8-12-4-3-5-12/h6-7,11-12,15-16H,3-5,8-10H2,1-2H3. The molecule has 1 aromatic heterocycles. The van der Waals surface area contributed by atoms with E-state index in [2.05, 4.69) is 10.0 Å². The van der Waals surface area contributed by atoms with Crippen molar-refractivity contribution in [2.45, 2.75) is 57.2 Å². The van der Waals surface area contributed by atoms with Crippen LogP contribution in [-0.2, 0) is 16.6 Å². The monoisotopic (exact) mass is 300 g/mol. The Morgan fingerprint density at radius 1 is 1.35 bits per heavy atom. The molecule has 0 atom stereocenters. The van der Waals surface area contributed by atoms with Crippen LogP contribution in [0.15, 0.2) is 21.6 Å². The lowest BCUT2D eigenvalue weighted by molar-refractivity contribution is 0.297. The highest BCUT2D eigenvalue weighted by atomic mass is 32.2. The first-order valence-corrected chi connectivity index (χ1v) is 8.77. The molecule has 0 saturated heterocycles. The van der Waals surface area contributed by atoms with E-state index in [0.717, 1.165) is 6.42 Å². The van der Waals surface area contributed by atoms with Gasteiger partial charge in [-0.05, 0) is 24.5 Å². The quantitative estimate of drug-likeness (QED) is 0.772. The third-order valence-corrected chi connectivity index (χ3v) is 4.99. The number of nitrogens with one attached hydrogen (secondary N) is 2. The molecule has 0 bridgehead atoms. The van der Waals surface area contributed by atoms with Gasteiger partial charge >= 0.3 is 0 Å². The van der Waals surface area contributed by atoms with Gasteiger partial charge in [0.2, 0.25) is 5.09 Å². The largest absolute Gasteiger partial charge is 0.447 e. The summed E-state index contributed by atoms with van der Waals surface area (Å²) in [5, 5.41) is 3.20. The number of sulfonamides is 1. The SMILES string of the molecule is CC(C)NCc1ccc(S(=O)(=O)NCCC2CCC2)o1. The van der Waals surface area contributed by atoms with Crippen molar-refractivity contribution in [1.82, 2.24) is 10.0 Å². The summed E-state index contributed by atoms with van der Waals surface area (Å²) in [4.78, 5) is 0. The molecule has 1 fully saturated rings. The fraction of sp³-hybridized carbons (Fsp3) is 0.714. The van der Waals surface area contributed by atoms with E-state index < -0.39 is 10.0 Å². The van der Waals surface area contributed by atoms with Crippen molar-refractivity contribution in [3.63, 3.8) is 0 Å². The number of rotatable bonds is 8. The highest BCUT2D eigenvalue weighted by Gasteiger charge is 2.21. The first-order chi connectivity index (χ1) is 9.47. The van der Waals surface area contributed by atoms with Crippen molar-refractivity contribution >= 4 is 10.0 Å². The Hall–Kier alpha value is -0.850. The van der Waals surface area contributed by atoms with Crippen LogP contribution in [0.2, 0.25) is 0 Å². The highest BCUT2D eigenvalue weighted by Crippen LogP contribution is 2.28. The molecule has 6 heteroatoms. The van der Waals surface area contributed by atoms with Gasteiger partial charge in [-0.15, -0.1) is 0 Å². The van der Waals surface area contributed by atoms with Crippen LogP contribution in [0.3, 0.4) is 0 Å². The molecule has 0 amide bonds. The Morgan fingerprint density at radius 2 is 2.10 bits per heavy atom. The summed E-state index contributed by atoms with van der Waals surface area (Å²) in [5.74, 6) is 1.33. The van der Waals surface area contributed by atoms with Crippen molar-refractivity contribution in [2.24, 2.45) is 5.92 Å². The summed E-state index contributed by atoms with van der Waals surface area (Å²) in [6.45, 7) is 5.09. The minimum absolute atomic E-state index is 0.00617. The maximum Gasteiger partial charge on any atom is 0.273 e. The molecule has 2 N–H and O–H groups in total. The zero-order valence-corrected chi connectivity index (χ0v) is 13.0. The van der Waals surface area contributed by atoms with Gasteiger partial charge in [-0.2, -0.15) is 0 Å². The lowest BCUT2D eigenvalue weighted by Crippen LogP contribution is -2.27. The third kappa shape index (κ3) is 4.33. The molecule has 1 heterocycles. The van der Waals surface area contributed by atoms with E-state index in [4.69, 9.17) is 4.42 Å².